The molecule has 0 saturated heterocycles. The Morgan fingerprint density at radius 2 is 2.14 bits per heavy atom. The first-order valence-electron chi connectivity index (χ1n) is 8.17. The molecule has 2 heterocycles. The lowest BCUT2D eigenvalue weighted by Gasteiger charge is -2.12. The summed E-state index contributed by atoms with van der Waals surface area (Å²) in [7, 11) is 0. The van der Waals surface area contributed by atoms with Gasteiger partial charge in [-0.2, -0.15) is 5.10 Å². The number of hydrogen-bond acceptors (Lipinski definition) is 2. The number of aromatic nitrogens is 2. The molecule has 1 aliphatic rings. The lowest BCUT2D eigenvalue weighted by Crippen LogP contribution is -2.08. The maximum Gasteiger partial charge on any atom is 0.133 e. The molecule has 0 bridgehead atoms. The number of hydrogen-bond donors (Lipinski definition) is 1. The third-order valence-electron chi connectivity index (χ3n) is 4.21. The number of anilines is 1. The molecule has 3 nitrogen and oxygen atoms in total. The summed E-state index contributed by atoms with van der Waals surface area (Å²) in [6.07, 6.45) is 4.58. The fraction of sp³-hybridized carbons (Fsp3) is 0.500. The number of nitrogens with zero attached hydrogens (tertiary/aromatic N) is 2. The second-order valence-electron chi connectivity index (χ2n) is 6.60. The highest BCUT2D eigenvalue weighted by Gasteiger charge is 2.21. The van der Waals surface area contributed by atoms with Gasteiger partial charge in [-0.15, -0.1) is 0 Å². The Labute approximate surface area is 137 Å². The van der Waals surface area contributed by atoms with E-state index in [1.165, 1.54) is 35.5 Å². The molecule has 0 fully saturated rings. The SMILES string of the molecule is Cc1ccc(Cl)cc1-n1nc(CC(C)C)c2c1NCCCC2. The van der Waals surface area contributed by atoms with Crippen molar-refractivity contribution < 1.29 is 0 Å². The van der Waals surface area contributed by atoms with Gasteiger partial charge < -0.3 is 5.32 Å². The molecule has 118 valence electrons. The van der Waals surface area contributed by atoms with Gasteiger partial charge in [-0.3, -0.25) is 0 Å². The average molecular weight is 318 g/mol. The molecule has 0 amide bonds. The minimum atomic E-state index is 0.608. The van der Waals surface area contributed by atoms with Crippen LogP contribution in [0.3, 0.4) is 0 Å². The van der Waals surface area contributed by atoms with Crippen LogP contribution < -0.4 is 5.32 Å². The molecule has 1 aromatic carbocycles. The maximum absolute atomic E-state index is 6.21. The minimum Gasteiger partial charge on any atom is -0.370 e. The predicted molar refractivity (Wildman–Crippen MR) is 93.3 cm³/mol. The summed E-state index contributed by atoms with van der Waals surface area (Å²) in [4.78, 5) is 0. The molecular formula is C18H24ClN3. The number of benzene rings is 1. The van der Waals surface area contributed by atoms with Crippen LogP contribution in [0.15, 0.2) is 18.2 Å². The van der Waals surface area contributed by atoms with Crippen molar-refractivity contribution in [1.82, 2.24) is 9.78 Å². The smallest absolute Gasteiger partial charge is 0.133 e. The highest BCUT2D eigenvalue weighted by atomic mass is 35.5. The first kappa shape index (κ1) is 15.4. The van der Waals surface area contributed by atoms with Gasteiger partial charge >= 0.3 is 0 Å². The fourth-order valence-corrected chi connectivity index (χ4v) is 3.28. The minimum absolute atomic E-state index is 0.608. The van der Waals surface area contributed by atoms with Gasteiger partial charge in [-0.1, -0.05) is 31.5 Å². The predicted octanol–water partition coefficient (Wildman–Crippen LogP) is 4.78. The highest BCUT2D eigenvalue weighted by molar-refractivity contribution is 6.30. The first-order valence-corrected chi connectivity index (χ1v) is 8.55. The molecule has 0 aliphatic carbocycles. The molecule has 1 aromatic heterocycles. The molecule has 3 rings (SSSR count). The number of halogens is 1. The summed E-state index contributed by atoms with van der Waals surface area (Å²) in [6, 6.07) is 6.01. The highest BCUT2D eigenvalue weighted by Crippen LogP contribution is 2.31. The van der Waals surface area contributed by atoms with Crippen LogP contribution in [0.5, 0.6) is 0 Å². The van der Waals surface area contributed by atoms with Crippen molar-refractivity contribution in [2.24, 2.45) is 5.92 Å². The second kappa shape index (κ2) is 6.33. The molecule has 0 saturated carbocycles. The third kappa shape index (κ3) is 3.00. The van der Waals surface area contributed by atoms with E-state index in [1.807, 2.05) is 12.1 Å². The lowest BCUT2D eigenvalue weighted by atomic mass is 10.0. The summed E-state index contributed by atoms with van der Waals surface area (Å²) in [5.41, 5.74) is 4.90. The van der Waals surface area contributed by atoms with E-state index in [4.69, 9.17) is 16.7 Å². The van der Waals surface area contributed by atoms with E-state index in [9.17, 15) is 0 Å². The van der Waals surface area contributed by atoms with Crippen LogP contribution in [0.4, 0.5) is 5.82 Å². The van der Waals surface area contributed by atoms with Gasteiger partial charge in [0.25, 0.3) is 0 Å². The zero-order valence-electron chi connectivity index (χ0n) is 13.6. The topological polar surface area (TPSA) is 29.9 Å². The van der Waals surface area contributed by atoms with Crippen molar-refractivity contribution in [3.63, 3.8) is 0 Å². The third-order valence-corrected chi connectivity index (χ3v) is 4.45. The fourth-order valence-electron chi connectivity index (χ4n) is 3.11. The van der Waals surface area contributed by atoms with Gasteiger partial charge in [0.15, 0.2) is 0 Å². The Balaban J connectivity index is 2.14. The van der Waals surface area contributed by atoms with Crippen molar-refractivity contribution >= 4 is 17.4 Å². The Bertz CT molecular complexity index is 673. The van der Waals surface area contributed by atoms with Gasteiger partial charge in [-0.05, 0) is 56.2 Å². The molecule has 0 spiro atoms. The Morgan fingerprint density at radius 3 is 2.91 bits per heavy atom. The number of aryl methyl sites for hydroxylation is 1. The Morgan fingerprint density at radius 1 is 1.32 bits per heavy atom. The van der Waals surface area contributed by atoms with Crippen LogP contribution in [0.1, 0.15) is 43.5 Å². The average Bonchev–Trinajstić information content (AvgIpc) is 2.65. The van der Waals surface area contributed by atoms with Crippen molar-refractivity contribution in [1.29, 1.82) is 0 Å². The van der Waals surface area contributed by atoms with Gasteiger partial charge in [0, 0.05) is 17.1 Å². The molecule has 2 aromatic rings. The number of fused-ring (bicyclic) bond motifs is 1. The first-order chi connectivity index (χ1) is 10.6. The Kier molecular flexibility index (Phi) is 4.44. The van der Waals surface area contributed by atoms with Crippen molar-refractivity contribution in [3.8, 4) is 5.69 Å². The lowest BCUT2D eigenvalue weighted by molar-refractivity contribution is 0.621. The largest absolute Gasteiger partial charge is 0.370 e. The summed E-state index contributed by atoms with van der Waals surface area (Å²) in [5.74, 6) is 1.77. The molecule has 0 atom stereocenters. The van der Waals surface area contributed by atoms with E-state index in [0.717, 1.165) is 30.1 Å². The summed E-state index contributed by atoms with van der Waals surface area (Å²) in [5, 5.41) is 9.28. The van der Waals surface area contributed by atoms with Crippen LogP contribution in [-0.2, 0) is 12.8 Å². The van der Waals surface area contributed by atoms with Crippen LogP contribution >= 0.6 is 11.6 Å². The summed E-state index contributed by atoms with van der Waals surface area (Å²) < 4.78 is 2.07. The van der Waals surface area contributed by atoms with E-state index >= 15 is 0 Å². The molecule has 22 heavy (non-hydrogen) atoms. The van der Waals surface area contributed by atoms with Crippen LogP contribution in [-0.4, -0.2) is 16.3 Å². The van der Waals surface area contributed by atoms with Crippen LogP contribution in [0.2, 0.25) is 5.02 Å². The van der Waals surface area contributed by atoms with E-state index in [2.05, 4.69) is 36.8 Å². The van der Waals surface area contributed by atoms with Crippen LogP contribution in [0, 0.1) is 12.8 Å². The zero-order valence-corrected chi connectivity index (χ0v) is 14.4. The van der Waals surface area contributed by atoms with Gasteiger partial charge in [0.05, 0.1) is 11.4 Å². The van der Waals surface area contributed by atoms with Gasteiger partial charge in [-0.25, -0.2) is 4.68 Å². The normalized spacial score (nSPS) is 14.6. The number of nitrogens with one attached hydrogen (secondary N) is 1. The van der Waals surface area contributed by atoms with E-state index in [0.29, 0.717) is 5.92 Å². The molecular weight excluding hydrogens is 294 g/mol. The summed E-state index contributed by atoms with van der Waals surface area (Å²) >= 11 is 6.21. The van der Waals surface area contributed by atoms with E-state index < -0.39 is 0 Å². The van der Waals surface area contributed by atoms with Crippen LogP contribution in [0.25, 0.3) is 5.69 Å². The molecule has 0 unspecified atom stereocenters. The standard InChI is InChI=1S/C18H24ClN3/c1-12(2)10-16-15-6-4-5-9-20-18(15)22(21-16)17-11-14(19)8-7-13(17)3/h7-8,11-12,20H,4-6,9-10H2,1-3H3. The molecule has 1 aliphatic heterocycles. The quantitative estimate of drug-likeness (QED) is 0.882. The van der Waals surface area contributed by atoms with Crippen molar-refractivity contribution in [2.75, 3.05) is 11.9 Å². The van der Waals surface area contributed by atoms with Crippen molar-refractivity contribution in [3.05, 3.63) is 40.0 Å². The Hall–Kier alpha value is -1.48. The van der Waals surface area contributed by atoms with E-state index in [1.54, 1.807) is 0 Å². The monoisotopic (exact) mass is 317 g/mol. The van der Waals surface area contributed by atoms with Crippen molar-refractivity contribution in [2.45, 2.75) is 46.5 Å². The maximum atomic E-state index is 6.21. The molecule has 0 radical (unpaired) electrons. The van der Waals surface area contributed by atoms with E-state index in [-0.39, 0.29) is 0 Å². The second-order valence-corrected chi connectivity index (χ2v) is 7.03. The zero-order chi connectivity index (χ0) is 15.7. The summed E-state index contributed by atoms with van der Waals surface area (Å²) in [6.45, 7) is 7.62. The molecule has 4 heteroatoms. The number of rotatable bonds is 3. The van der Waals surface area contributed by atoms with Gasteiger partial charge in [0.1, 0.15) is 5.82 Å². The van der Waals surface area contributed by atoms with Gasteiger partial charge in [0.2, 0.25) is 0 Å². The molecule has 1 N–H and O–H groups in total.